The Hall–Kier alpha value is -1.92. The quantitative estimate of drug-likeness (QED) is 0.859. The predicted molar refractivity (Wildman–Crippen MR) is 83.6 cm³/mol. The highest BCUT2D eigenvalue weighted by Crippen LogP contribution is 2.20. The van der Waals surface area contributed by atoms with Gasteiger partial charge in [-0.3, -0.25) is 4.98 Å². The van der Waals surface area contributed by atoms with Crippen molar-refractivity contribution in [2.75, 3.05) is 11.9 Å². The van der Waals surface area contributed by atoms with Crippen molar-refractivity contribution in [2.45, 2.75) is 25.3 Å². The van der Waals surface area contributed by atoms with Crippen LogP contribution in [0, 0.1) is 6.92 Å². The second-order valence-electron chi connectivity index (χ2n) is 4.65. The van der Waals surface area contributed by atoms with Gasteiger partial charge in [-0.15, -0.1) is 0 Å². The topological polar surface area (TPSA) is 71.1 Å². The Morgan fingerprint density at radius 2 is 1.95 bits per heavy atom. The number of rotatable bonds is 6. The molecule has 112 valence electrons. The zero-order chi connectivity index (χ0) is 15.3. The summed E-state index contributed by atoms with van der Waals surface area (Å²) in [6.45, 7) is 4.74. The van der Waals surface area contributed by atoms with E-state index in [1.54, 1.807) is 30.6 Å². The Balaban J connectivity index is 2.21. The van der Waals surface area contributed by atoms with E-state index in [0.717, 1.165) is 11.1 Å². The van der Waals surface area contributed by atoms with Crippen molar-refractivity contribution in [1.82, 2.24) is 9.71 Å². The van der Waals surface area contributed by atoms with Gasteiger partial charge in [0.15, 0.2) is 0 Å². The minimum atomic E-state index is -3.57. The average Bonchev–Trinajstić information content (AvgIpc) is 2.47. The van der Waals surface area contributed by atoms with E-state index in [4.69, 9.17) is 0 Å². The molecule has 5 nitrogen and oxygen atoms in total. The average molecular weight is 305 g/mol. The summed E-state index contributed by atoms with van der Waals surface area (Å²) in [5.74, 6) is 0. The van der Waals surface area contributed by atoms with Gasteiger partial charge in [0, 0.05) is 25.5 Å². The lowest BCUT2D eigenvalue weighted by molar-refractivity contribution is 0.581. The van der Waals surface area contributed by atoms with Crippen LogP contribution in [0.15, 0.2) is 47.6 Å². The molecule has 2 rings (SSSR count). The van der Waals surface area contributed by atoms with Crippen LogP contribution in [0.4, 0.5) is 5.69 Å². The van der Waals surface area contributed by atoms with E-state index >= 15 is 0 Å². The Morgan fingerprint density at radius 3 is 2.67 bits per heavy atom. The summed E-state index contributed by atoms with van der Waals surface area (Å²) in [6, 6.07) is 8.73. The van der Waals surface area contributed by atoms with Crippen LogP contribution in [-0.4, -0.2) is 19.9 Å². The predicted octanol–water partition coefficient (Wildman–Crippen LogP) is 2.30. The molecule has 2 N–H and O–H groups in total. The van der Waals surface area contributed by atoms with E-state index < -0.39 is 10.0 Å². The molecule has 0 saturated heterocycles. The number of aromatic nitrogens is 1. The lowest BCUT2D eigenvalue weighted by atomic mass is 10.2. The van der Waals surface area contributed by atoms with Crippen LogP contribution in [-0.2, 0) is 16.6 Å². The molecular formula is C15H19N3O2S. The molecule has 0 radical (unpaired) electrons. The Morgan fingerprint density at radius 1 is 1.19 bits per heavy atom. The van der Waals surface area contributed by atoms with Crippen LogP contribution >= 0.6 is 0 Å². The molecule has 0 spiro atoms. The second kappa shape index (κ2) is 6.69. The molecule has 0 bridgehead atoms. The van der Waals surface area contributed by atoms with E-state index in [0.29, 0.717) is 12.2 Å². The molecule has 2 aromatic rings. The van der Waals surface area contributed by atoms with Gasteiger partial charge < -0.3 is 5.32 Å². The molecular weight excluding hydrogens is 286 g/mol. The number of anilines is 1. The van der Waals surface area contributed by atoms with Crippen molar-refractivity contribution in [3.8, 4) is 0 Å². The largest absolute Gasteiger partial charge is 0.384 e. The number of benzene rings is 1. The fourth-order valence-corrected chi connectivity index (χ4v) is 3.16. The minimum Gasteiger partial charge on any atom is -0.384 e. The van der Waals surface area contributed by atoms with Gasteiger partial charge in [-0.2, -0.15) is 0 Å². The number of hydrogen-bond donors (Lipinski definition) is 2. The molecule has 0 saturated carbocycles. The van der Waals surface area contributed by atoms with Gasteiger partial charge in [0.1, 0.15) is 4.90 Å². The van der Waals surface area contributed by atoms with Crippen LogP contribution in [0.5, 0.6) is 0 Å². The molecule has 1 aromatic heterocycles. The number of nitrogens with one attached hydrogen (secondary N) is 2. The van der Waals surface area contributed by atoms with Crippen molar-refractivity contribution in [3.05, 3.63) is 53.9 Å². The van der Waals surface area contributed by atoms with Gasteiger partial charge in [0.05, 0.1) is 5.69 Å². The summed E-state index contributed by atoms with van der Waals surface area (Å²) in [5, 5.41) is 3.06. The second-order valence-corrected chi connectivity index (χ2v) is 6.39. The zero-order valence-electron chi connectivity index (χ0n) is 12.1. The lowest BCUT2D eigenvalue weighted by Gasteiger charge is -2.12. The van der Waals surface area contributed by atoms with Gasteiger partial charge in [0.25, 0.3) is 0 Å². The molecule has 0 unspecified atom stereocenters. The molecule has 21 heavy (non-hydrogen) atoms. The highest BCUT2D eigenvalue weighted by Gasteiger charge is 2.17. The molecule has 6 heteroatoms. The van der Waals surface area contributed by atoms with Crippen molar-refractivity contribution < 1.29 is 8.42 Å². The van der Waals surface area contributed by atoms with Gasteiger partial charge in [0.2, 0.25) is 10.0 Å². The number of sulfonamides is 1. The first-order valence-corrected chi connectivity index (χ1v) is 8.25. The zero-order valence-corrected chi connectivity index (χ0v) is 12.9. The summed E-state index contributed by atoms with van der Waals surface area (Å²) in [5.41, 5.74) is 2.48. The molecule has 0 aliphatic heterocycles. The standard InChI is InChI=1S/C15H19N3O2S/c1-3-17-14-6-4-5-7-15(14)21(19,20)18-11-13-10-16-9-8-12(13)2/h4-10,17-18H,3,11H2,1-2H3. The molecule has 0 aliphatic rings. The monoisotopic (exact) mass is 305 g/mol. The minimum absolute atomic E-state index is 0.225. The van der Waals surface area contributed by atoms with E-state index in [2.05, 4.69) is 15.0 Å². The summed E-state index contributed by atoms with van der Waals surface area (Å²) < 4.78 is 27.5. The van der Waals surface area contributed by atoms with Gasteiger partial charge in [-0.1, -0.05) is 12.1 Å². The fraction of sp³-hybridized carbons (Fsp3) is 0.267. The molecule has 0 aliphatic carbocycles. The van der Waals surface area contributed by atoms with Crippen molar-refractivity contribution in [2.24, 2.45) is 0 Å². The third-order valence-electron chi connectivity index (χ3n) is 3.14. The van der Waals surface area contributed by atoms with Gasteiger partial charge in [-0.05, 0) is 43.2 Å². The van der Waals surface area contributed by atoms with Crippen LogP contribution in [0.1, 0.15) is 18.1 Å². The maximum Gasteiger partial charge on any atom is 0.242 e. The number of para-hydroxylation sites is 1. The smallest absolute Gasteiger partial charge is 0.242 e. The van der Waals surface area contributed by atoms with Crippen molar-refractivity contribution in [1.29, 1.82) is 0 Å². The Bertz CT molecular complexity index is 714. The number of hydrogen-bond acceptors (Lipinski definition) is 4. The Labute approximate surface area is 125 Å². The highest BCUT2D eigenvalue weighted by molar-refractivity contribution is 7.89. The highest BCUT2D eigenvalue weighted by atomic mass is 32.2. The van der Waals surface area contributed by atoms with E-state index in [1.165, 1.54) is 0 Å². The summed E-state index contributed by atoms with van der Waals surface area (Å²) in [6.07, 6.45) is 3.36. The first-order valence-electron chi connectivity index (χ1n) is 6.76. The lowest BCUT2D eigenvalue weighted by Crippen LogP contribution is -2.24. The Kier molecular flexibility index (Phi) is 4.93. The summed E-state index contributed by atoms with van der Waals surface area (Å²) in [7, 11) is -3.57. The molecule has 0 amide bonds. The van der Waals surface area contributed by atoms with E-state index in [-0.39, 0.29) is 11.4 Å². The van der Waals surface area contributed by atoms with Gasteiger partial charge >= 0.3 is 0 Å². The third kappa shape index (κ3) is 3.80. The first kappa shape index (κ1) is 15.5. The molecule has 1 aromatic carbocycles. The number of pyridine rings is 1. The number of aryl methyl sites for hydroxylation is 1. The summed E-state index contributed by atoms with van der Waals surface area (Å²) >= 11 is 0. The van der Waals surface area contributed by atoms with Gasteiger partial charge in [-0.25, -0.2) is 13.1 Å². The maximum absolute atomic E-state index is 12.4. The number of nitrogens with zero attached hydrogens (tertiary/aromatic N) is 1. The van der Waals surface area contributed by atoms with Crippen LogP contribution in [0.25, 0.3) is 0 Å². The third-order valence-corrected chi connectivity index (χ3v) is 4.60. The van der Waals surface area contributed by atoms with Crippen molar-refractivity contribution >= 4 is 15.7 Å². The normalized spacial score (nSPS) is 11.3. The van der Waals surface area contributed by atoms with E-state index in [1.807, 2.05) is 26.0 Å². The van der Waals surface area contributed by atoms with E-state index in [9.17, 15) is 8.42 Å². The van der Waals surface area contributed by atoms with Crippen LogP contribution in [0.3, 0.4) is 0 Å². The first-order chi connectivity index (χ1) is 10.0. The molecule has 0 atom stereocenters. The maximum atomic E-state index is 12.4. The molecule has 0 fully saturated rings. The van der Waals surface area contributed by atoms with Crippen molar-refractivity contribution in [3.63, 3.8) is 0 Å². The van der Waals surface area contributed by atoms with Crippen LogP contribution in [0.2, 0.25) is 0 Å². The van der Waals surface area contributed by atoms with Crippen LogP contribution < -0.4 is 10.0 Å². The summed E-state index contributed by atoms with van der Waals surface area (Å²) in [4.78, 5) is 4.28. The molecule has 1 heterocycles. The SMILES string of the molecule is CCNc1ccccc1S(=O)(=O)NCc1cnccc1C. The fourth-order valence-electron chi connectivity index (χ4n) is 1.97.